The average molecular weight is 281 g/mol. The molecular weight excluding hydrogens is 254 g/mol. The van der Waals surface area contributed by atoms with Crippen LogP contribution in [0.25, 0.3) is 0 Å². The van der Waals surface area contributed by atoms with Gasteiger partial charge >= 0.3 is 0 Å². The molecule has 3 rings (SSSR count). The normalized spacial score (nSPS) is 35.0. The van der Waals surface area contributed by atoms with Gasteiger partial charge in [-0.3, -0.25) is 4.79 Å². The smallest absolute Gasteiger partial charge is 0.228 e. The molecule has 114 valence electrons. The highest BCUT2D eigenvalue weighted by molar-refractivity contribution is 5.85. The maximum atomic E-state index is 12.4. The zero-order valence-electron chi connectivity index (χ0n) is 12.8. The van der Waals surface area contributed by atoms with Crippen LogP contribution in [0.2, 0.25) is 0 Å². The molecule has 1 spiro atoms. The maximum Gasteiger partial charge on any atom is 0.228 e. The Morgan fingerprint density at radius 2 is 1.85 bits per heavy atom. The number of ether oxygens (including phenoxy) is 1. The molecule has 2 heterocycles. The van der Waals surface area contributed by atoms with Gasteiger partial charge in [-0.15, -0.1) is 0 Å². The Balaban J connectivity index is 1.61. The van der Waals surface area contributed by atoms with Crippen LogP contribution >= 0.6 is 0 Å². The first-order valence-corrected chi connectivity index (χ1v) is 8.06. The third-order valence-corrected chi connectivity index (χ3v) is 5.76. The zero-order valence-corrected chi connectivity index (χ0v) is 12.8. The van der Waals surface area contributed by atoms with E-state index in [1.54, 1.807) is 0 Å². The van der Waals surface area contributed by atoms with Gasteiger partial charge in [0.05, 0.1) is 17.8 Å². The number of rotatable bonds is 2. The average Bonchev–Trinajstić information content (AvgIpc) is 3.18. The van der Waals surface area contributed by atoms with Crippen molar-refractivity contribution in [2.24, 2.45) is 5.41 Å². The fraction of sp³-hybridized carbons (Fsp3) is 0.938. The van der Waals surface area contributed by atoms with Crippen LogP contribution < -0.4 is 0 Å². The van der Waals surface area contributed by atoms with Gasteiger partial charge in [-0.25, -0.2) is 0 Å². The molecule has 2 aliphatic heterocycles. The van der Waals surface area contributed by atoms with Crippen LogP contribution in [0.4, 0.5) is 0 Å². The third kappa shape index (κ3) is 2.48. The summed E-state index contributed by atoms with van der Waals surface area (Å²) in [6, 6.07) is 0. The SMILES string of the molecule is CCC1(O)CCOC2(CCN(C(=O)C3(C)CC3)CC2)C1. The highest BCUT2D eigenvalue weighted by Crippen LogP contribution is 2.48. The summed E-state index contributed by atoms with van der Waals surface area (Å²) >= 11 is 0. The van der Waals surface area contributed by atoms with Crippen LogP contribution in [-0.4, -0.2) is 46.8 Å². The minimum Gasteiger partial charge on any atom is -0.390 e. The molecule has 0 bridgehead atoms. The molecule has 0 aromatic heterocycles. The number of nitrogens with zero attached hydrogens (tertiary/aromatic N) is 1. The quantitative estimate of drug-likeness (QED) is 0.843. The molecule has 1 amide bonds. The molecule has 3 fully saturated rings. The Bertz CT molecular complexity index is 397. The lowest BCUT2D eigenvalue weighted by atomic mass is 9.76. The number of likely N-dealkylation sites (tertiary alicyclic amines) is 1. The summed E-state index contributed by atoms with van der Waals surface area (Å²) in [5.41, 5.74) is -0.820. The van der Waals surface area contributed by atoms with Gasteiger partial charge in [0.15, 0.2) is 0 Å². The van der Waals surface area contributed by atoms with E-state index >= 15 is 0 Å². The fourth-order valence-corrected chi connectivity index (χ4v) is 3.72. The molecule has 4 heteroatoms. The summed E-state index contributed by atoms with van der Waals surface area (Å²) in [6.45, 7) is 6.34. The lowest BCUT2D eigenvalue weighted by Crippen LogP contribution is -2.55. The highest BCUT2D eigenvalue weighted by atomic mass is 16.5. The number of piperidine rings is 1. The van der Waals surface area contributed by atoms with E-state index in [9.17, 15) is 9.90 Å². The minimum absolute atomic E-state index is 0.0674. The molecule has 3 aliphatic rings. The van der Waals surface area contributed by atoms with E-state index in [-0.39, 0.29) is 11.0 Å². The van der Waals surface area contributed by atoms with Crippen molar-refractivity contribution < 1.29 is 14.6 Å². The first-order valence-electron chi connectivity index (χ1n) is 8.06. The van der Waals surface area contributed by atoms with Crippen molar-refractivity contribution in [1.29, 1.82) is 0 Å². The Labute approximate surface area is 121 Å². The van der Waals surface area contributed by atoms with Gasteiger partial charge in [-0.2, -0.15) is 0 Å². The summed E-state index contributed by atoms with van der Waals surface area (Å²) < 4.78 is 6.04. The number of carbonyl (C=O) groups excluding carboxylic acids is 1. The molecule has 1 N–H and O–H groups in total. The molecule has 0 aromatic rings. The van der Waals surface area contributed by atoms with Crippen LogP contribution in [0, 0.1) is 5.41 Å². The van der Waals surface area contributed by atoms with Crippen LogP contribution in [0.15, 0.2) is 0 Å². The van der Waals surface area contributed by atoms with Crippen molar-refractivity contribution in [2.45, 2.75) is 70.0 Å². The Kier molecular flexibility index (Phi) is 3.37. The summed E-state index contributed by atoms with van der Waals surface area (Å²) in [7, 11) is 0. The van der Waals surface area contributed by atoms with E-state index in [0.717, 1.165) is 58.0 Å². The van der Waals surface area contributed by atoms with Gasteiger partial charge in [0, 0.05) is 24.9 Å². The van der Waals surface area contributed by atoms with Crippen LogP contribution in [0.5, 0.6) is 0 Å². The zero-order chi connectivity index (χ0) is 14.4. The van der Waals surface area contributed by atoms with E-state index in [4.69, 9.17) is 4.74 Å². The highest BCUT2D eigenvalue weighted by Gasteiger charge is 2.50. The van der Waals surface area contributed by atoms with Crippen molar-refractivity contribution in [3.05, 3.63) is 0 Å². The molecule has 1 saturated carbocycles. The first kappa shape index (κ1) is 14.3. The minimum atomic E-state index is -0.563. The van der Waals surface area contributed by atoms with Gasteiger partial charge in [0.1, 0.15) is 0 Å². The fourth-order valence-electron chi connectivity index (χ4n) is 3.72. The third-order valence-electron chi connectivity index (χ3n) is 5.76. The second-order valence-corrected chi connectivity index (χ2v) is 7.39. The van der Waals surface area contributed by atoms with E-state index < -0.39 is 5.60 Å². The number of hydrogen-bond donors (Lipinski definition) is 1. The van der Waals surface area contributed by atoms with Gasteiger partial charge < -0.3 is 14.7 Å². The first-order chi connectivity index (χ1) is 9.40. The molecule has 20 heavy (non-hydrogen) atoms. The van der Waals surface area contributed by atoms with Gasteiger partial charge in [-0.1, -0.05) is 13.8 Å². The number of amides is 1. The summed E-state index contributed by atoms with van der Waals surface area (Å²) in [5, 5.41) is 10.6. The molecule has 1 unspecified atom stereocenters. The van der Waals surface area contributed by atoms with E-state index in [0.29, 0.717) is 12.5 Å². The molecule has 1 aliphatic carbocycles. The van der Waals surface area contributed by atoms with Crippen LogP contribution in [-0.2, 0) is 9.53 Å². The molecule has 1 atom stereocenters. The Morgan fingerprint density at radius 1 is 1.20 bits per heavy atom. The van der Waals surface area contributed by atoms with E-state index in [2.05, 4.69) is 6.92 Å². The lowest BCUT2D eigenvalue weighted by molar-refractivity contribution is -0.182. The Hall–Kier alpha value is -0.610. The van der Waals surface area contributed by atoms with Crippen molar-refractivity contribution in [3.63, 3.8) is 0 Å². The lowest BCUT2D eigenvalue weighted by Gasteiger charge is -2.49. The van der Waals surface area contributed by atoms with Crippen molar-refractivity contribution in [3.8, 4) is 0 Å². The molecule has 0 radical (unpaired) electrons. The van der Waals surface area contributed by atoms with E-state index in [1.807, 2.05) is 11.8 Å². The molecule has 0 aromatic carbocycles. The maximum absolute atomic E-state index is 12.4. The predicted molar refractivity (Wildman–Crippen MR) is 76.3 cm³/mol. The number of aliphatic hydroxyl groups is 1. The second-order valence-electron chi connectivity index (χ2n) is 7.39. The summed E-state index contributed by atoms with van der Waals surface area (Å²) in [4.78, 5) is 14.4. The van der Waals surface area contributed by atoms with Gasteiger partial charge in [0.2, 0.25) is 5.91 Å². The van der Waals surface area contributed by atoms with Crippen molar-refractivity contribution in [2.75, 3.05) is 19.7 Å². The molecular formula is C16H27NO3. The van der Waals surface area contributed by atoms with Crippen molar-refractivity contribution >= 4 is 5.91 Å². The van der Waals surface area contributed by atoms with Gasteiger partial charge in [-0.05, 0) is 38.5 Å². The Morgan fingerprint density at radius 3 is 2.40 bits per heavy atom. The van der Waals surface area contributed by atoms with Crippen molar-refractivity contribution in [1.82, 2.24) is 4.90 Å². The van der Waals surface area contributed by atoms with Crippen LogP contribution in [0.3, 0.4) is 0 Å². The summed E-state index contributed by atoms with van der Waals surface area (Å²) in [6.07, 6.45) is 6.09. The predicted octanol–water partition coefficient (Wildman–Crippen LogP) is 2.10. The molecule has 4 nitrogen and oxygen atoms in total. The summed E-state index contributed by atoms with van der Waals surface area (Å²) in [5.74, 6) is 0.328. The van der Waals surface area contributed by atoms with Crippen LogP contribution in [0.1, 0.15) is 58.8 Å². The second kappa shape index (κ2) is 4.70. The standard InChI is InChI=1S/C16H27NO3/c1-3-15(19)8-11-20-16(12-15)6-9-17(10-7-16)13(18)14(2)4-5-14/h19H,3-12H2,1-2H3. The van der Waals surface area contributed by atoms with E-state index in [1.165, 1.54) is 0 Å². The molecule has 2 saturated heterocycles. The number of hydrogen-bond acceptors (Lipinski definition) is 3. The number of carbonyl (C=O) groups is 1. The largest absolute Gasteiger partial charge is 0.390 e. The van der Waals surface area contributed by atoms with Gasteiger partial charge in [0.25, 0.3) is 0 Å². The topological polar surface area (TPSA) is 49.8 Å². The monoisotopic (exact) mass is 281 g/mol.